The Morgan fingerprint density at radius 2 is 1.89 bits per heavy atom. The smallest absolute Gasteiger partial charge is 0.317 e. The van der Waals surface area contributed by atoms with E-state index in [1.165, 1.54) is 25.7 Å². The maximum Gasteiger partial charge on any atom is 0.317 e. The number of hydrogen-bond donors (Lipinski definition) is 1. The summed E-state index contributed by atoms with van der Waals surface area (Å²) >= 11 is 0. The van der Waals surface area contributed by atoms with Gasteiger partial charge >= 0.3 is 6.03 Å². The Kier molecular flexibility index (Phi) is 5.29. The summed E-state index contributed by atoms with van der Waals surface area (Å²) < 4.78 is 5.26. The van der Waals surface area contributed by atoms with Crippen LogP contribution in [0.1, 0.15) is 45.4 Å². The Hall–Kier alpha value is -0.770. The number of amides is 2. The van der Waals surface area contributed by atoms with Crippen molar-refractivity contribution in [2.24, 2.45) is 5.92 Å². The number of nitrogens with zero attached hydrogens (tertiary/aromatic N) is 1. The average Bonchev–Trinajstić information content (AvgIpc) is 2.42. The van der Waals surface area contributed by atoms with Crippen molar-refractivity contribution in [1.29, 1.82) is 0 Å². The second kappa shape index (κ2) is 6.98. The molecule has 0 unspecified atom stereocenters. The highest BCUT2D eigenvalue weighted by Crippen LogP contribution is 2.27. The number of ether oxygens (including phenoxy) is 1. The molecule has 4 heteroatoms. The van der Waals surface area contributed by atoms with Crippen LogP contribution in [0.2, 0.25) is 0 Å². The van der Waals surface area contributed by atoms with Crippen LogP contribution in [0.3, 0.4) is 0 Å². The van der Waals surface area contributed by atoms with Crippen molar-refractivity contribution in [3.63, 3.8) is 0 Å². The number of urea groups is 1. The summed E-state index contributed by atoms with van der Waals surface area (Å²) in [6.07, 6.45) is 7.50. The van der Waals surface area contributed by atoms with Crippen LogP contribution in [0.4, 0.5) is 4.79 Å². The van der Waals surface area contributed by atoms with Crippen LogP contribution in [0.5, 0.6) is 0 Å². The third-order valence-electron chi connectivity index (χ3n) is 4.17. The SMILES string of the molecule is CCCC1CCC(NC(=O)N2CCOCC2)CC1. The van der Waals surface area contributed by atoms with Crippen molar-refractivity contribution in [2.75, 3.05) is 26.3 Å². The predicted molar refractivity (Wildman–Crippen MR) is 71.6 cm³/mol. The molecule has 0 spiro atoms. The molecule has 2 aliphatic rings. The van der Waals surface area contributed by atoms with E-state index in [0.29, 0.717) is 19.3 Å². The van der Waals surface area contributed by atoms with E-state index in [1.54, 1.807) is 0 Å². The molecule has 1 aliphatic heterocycles. The van der Waals surface area contributed by atoms with Crippen LogP contribution in [0, 0.1) is 5.92 Å². The van der Waals surface area contributed by atoms with E-state index in [9.17, 15) is 4.79 Å². The van der Waals surface area contributed by atoms with Gasteiger partial charge in [0.2, 0.25) is 0 Å². The molecule has 2 amide bonds. The molecule has 0 bridgehead atoms. The lowest BCUT2D eigenvalue weighted by molar-refractivity contribution is 0.0519. The quantitative estimate of drug-likeness (QED) is 0.840. The molecular formula is C14H26N2O2. The number of carbonyl (C=O) groups excluding carboxylic acids is 1. The molecule has 0 aromatic carbocycles. The van der Waals surface area contributed by atoms with E-state index in [-0.39, 0.29) is 6.03 Å². The normalized spacial score (nSPS) is 29.1. The van der Waals surface area contributed by atoms with E-state index in [1.807, 2.05) is 4.90 Å². The lowest BCUT2D eigenvalue weighted by Gasteiger charge is -2.32. The zero-order valence-corrected chi connectivity index (χ0v) is 11.5. The summed E-state index contributed by atoms with van der Waals surface area (Å²) in [5.74, 6) is 0.895. The number of carbonyl (C=O) groups is 1. The molecule has 2 rings (SSSR count). The molecule has 18 heavy (non-hydrogen) atoms. The molecule has 0 atom stereocenters. The highest BCUT2D eigenvalue weighted by atomic mass is 16.5. The Morgan fingerprint density at radius 3 is 2.50 bits per heavy atom. The lowest BCUT2D eigenvalue weighted by Crippen LogP contribution is -2.49. The first-order valence-corrected chi connectivity index (χ1v) is 7.42. The van der Waals surface area contributed by atoms with E-state index in [4.69, 9.17) is 4.74 Å². The monoisotopic (exact) mass is 254 g/mol. The average molecular weight is 254 g/mol. The topological polar surface area (TPSA) is 41.6 Å². The summed E-state index contributed by atoms with van der Waals surface area (Å²) in [5, 5.41) is 3.18. The van der Waals surface area contributed by atoms with E-state index in [2.05, 4.69) is 12.2 Å². The van der Waals surface area contributed by atoms with Gasteiger partial charge in [0.25, 0.3) is 0 Å². The van der Waals surface area contributed by atoms with Gasteiger partial charge in [0.05, 0.1) is 13.2 Å². The molecule has 4 nitrogen and oxygen atoms in total. The van der Waals surface area contributed by atoms with Gasteiger partial charge in [0.15, 0.2) is 0 Å². The van der Waals surface area contributed by atoms with Crippen molar-refractivity contribution in [3.8, 4) is 0 Å². The zero-order valence-electron chi connectivity index (χ0n) is 11.5. The first-order valence-electron chi connectivity index (χ1n) is 7.42. The highest BCUT2D eigenvalue weighted by Gasteiger charge is 2.24. The van der Waals surface area contributed by atoms with Crippen LogP contribution in [-0.2, 0) is 4.74 Å². The maximum absolute atomic E-state index is 12.0. The standard InChI is InChI=1S/C14H26N2O2/c1-2-3-12-4-6-13(7-5-12)15-14(17)16-8-10-18-11-9-16/h12-13H,2-11H2,1H3,(H,15,17). The van der Waals surface area contributed by atoms with Crippen molar-refractivity contribution in [3.05, 3.63) is 0 Å². The molecule has 2 fully saturated rings. The largest absolute Gasteiger partial charge is 0.378 e. The first kappa shape index (κ1) is 13.7. The number of nitrogens with one attached hydrogen (secondary N) is 1. The summed E-state index contributed by atoms with van der Waals surface area (Å²) in [7, 11) is 0. The van der Waals surface area contributed by atoms with Crippen LogP contribution < -0.4 is 5.32 Å². The molecular weight excluding hydrogens is 228 g/mol. The van der Waals surface area contributed by atoms with Crippen LogP contribution in [-0.4, -0.2) is 43.3 Å². The molecule has 1 N–H and O–H groups in total. The van der Waals surface area contributed by atoms with Crippen molar-refractivity contribution < 1.29 is 9.53 Å². The van der Waals surface area contributed by atoms with E-state index in [0.717, 1.165) is 31.8 Å². The van der Waals surface area contributed by atoms with Crippen LogP contribution in [0.25, 0.3) is 0 Å². The fourth-order valence-electron chi connectivity index (χ4n) is 3.04. The molecule has 0 aromatic heterocycles. The Bertz CT molecular complexity index is 257. The summed E-state index contributed by atoms with van der Waals surface area (Å²) in [5.41, 5.74) is 0. The third-order valence-corrected chi connectivity index (χ3v) is 4.17. The van der Waals surface area contributed by atoms with Gasteiger partial charge in [-0.15, -0.1) is 0 Å². The van der Waals surface area contributed by atoms with Gasteiger partial charge in [-0.3, -0.25) is 0 Å². The number of rotatable bonds is 3. The Balaban J connectivity index is 1.68. The lowest BCUT2D eigenvalue weighted by atomic mass is 9.83. The molecule has 104 valence electrons. The Labute approximate surface area is 110 Å². The van der Waals surface area contributed by atoms with Crippen LogP contribution in [0.15, 0.2) is 0 Å². The minimum Gasteiger partial charge on any atom is -0.378 e. The fraction of sp³-hybridized carbons (Fsp3) is 0.929. The molecule has 0 radical (unpaired) electrons. The van der Waals surface area contributed by atoms with Gasteiger partial charge in [-0.2, -0.15) is 0 Å². The zero-order chi connectivity index (χ0) is 12.8. The van der Waals surface area contributed by atoms with Gasteiger partial charge in [-0.25, -0.2) is 4.79 Å². The first-order chi connectivity index (χ1) is 8.79. The molecule has 1 saturated carbocycles. The van der Waals surface area contributed by atoms with Crippen LogP contribution >= 0.6 is 0 Å². The van der Waals surface area contributed by atoms with Gasteiger partial charge < -0.3 is 15.0 Å². The third kappa shape index (κ3) is 3.87. The fourth-order valence-corrected chi connectivity index (χ4v) is 3.04. The summed E-state index contributed by atoms with van der Waals surface area (Å²) in [6.45, 7) is 5.08. The van der Waals surface area contributed by atoms with Crippen molar-refractivity contribution in [1.82, 2.24) is 10.2 Å². The summed E-state index contributed by atoms with van der Waals surface area (Å²) in [6, 6.07) is 0.505. The van der Waals surface area contributed by atoms with E-state index < -0.39 is 0 Å². The van der Waals surface area contributed by atoms with Crippen molar-refractivity contribution in [2.45, 2.75) is 51.5 Å². The molecule has 0 aromatic rings. The van der Waals surface area contributed by atoms with Gasteiger partial charge in [-0.1, -0.05) is 19.8 Å². The number of hydrogen-bond acceptors (Lipinski definition) is 2. The Morgan fingerprint density at radius 1 is 1.22 bits per heavy atom. The number of morpholine rings is 1. The summed E-state index contributed by atoms with van der Waals surface area (Å²) in [4.78, 5) is 13.9. The second-order valence-corrected chi connectivity index (χ2v) is 5.56. The predicted octanol–water partition coefficient (Wildman–Crippen LogP) is 2.39. The minimum absolute atomic E-state index is 0.109. The molecule has 1 aliphatic carbocycles. The second-order valence-electron chi connectivity index (χ2n) is 5.56. The molecule has 1 heterocycles. The minimum atomic E-state index is 0.109. The van der Waals surface area contributed by atoms with E-state index >= 15 is 0 Å². The molecule has 1 saturated heterocycles. The van der Waals surface area contributed by atoms with Gasteiger partial charge in [0, 0.05) is 19.1 Å². The van der Waals surface area contributed by atoms with Gasteiger partial charge in [0.1, 0.15) is 0 Å². The van der Waals surface area contributed by atoms with Crippen molar-refractivity contribution >= 4 is 6.03 Å². The highest BCUT2D eigenvalue weighted by molar-refractivity contribution is 5.74. The van der Waals surface area contributed by atoms with Gasteiger partial charge in [-0.05, 0) is 31.6 Å². The maximum atomic E-state index is 12.0.